The summed E-state index contributed by atoms with van der Waals surface area (Å²) in [7, 11) is 0. The molecular weight excluding hydrogens is 387 g/mol. The summed E-state index contributed by atoms with van der Waals surface area (Å²) in [5, 5.41) is 0.369. The highest BCUT2D eigenvalue weighted by molar-refractivity contribution is 7.20. The number of carbonyl (C=O) groups is 1. The van der Waals surface area contributed by atoms with Crippen molar-refractivity contribution in [2.24, 2.45) is 0 Å². The Morgan fingerprint density at radius 2 is 1.79 bits per heavy atom. The van der Waals surface area contributed by atoms with E-state index in [0.29, 0.717) is 33.9 Å². The van der Waals surface area contributed by atoms with Crippen LogP contribution in [0.5, 0.6) is 10.9 Å². The molecule has 0 N–H and O–H groups in total. The van der Waals surface area contributed by atoms with Crippen LogP contribution in [0.4, 0.5) is 13.2 Å². The van der Waals surface area contributed by atoms with E-state index in [9.17, 15) is 18.0 Å². The van der Waals surface area contributed by atoms with Crippen molar-refractivity contribution in [3.63, 3.8) is 0 Å². The largest absolute Gasteiger partial charge is 0.430 e. The van der Waals surface area contributed by atoms with Gasteiger partial charge in [0, 0.05) is 11.1 Å². The molecule has 7 heteroatoms. The number of fused-ring (bicyclic) bond motifs is 1. The van der Waals surface area contributed by atoms with E-state index in [1.807, 2.05) is 24.3 Å². The summed E-state index contributed by atoms with van der Waals surface area (Å²) >= 11 is 1.33. The molecule has 0 aliphatic heterocycles. The number of aromatic nitrogens is 1. The summed E-state index contributed by atoms with van der Waals surface area (Å²) in [4.78, 5) is 15.6. The molecule has 0 radical (unpaired) electrons. The van der Waals surface area contributed by atoms with Gasteiger partial charge in [0.15, 0.2) is 0 Å². The van der Waals surface area contributed by atoms with Gasteiger partial charge in [-0.25, -0.2) is 4.98 Å². The zero-order chi connectivity index (χ0) is 19.7. The molecule has 140 valence electrons. The summed E-state index contributed by atoms with van der Waals surface area (Å²) < 4.78 is 46.1. The Hall–Kier alpha value is -3.19. The van der Waals surface area contributed by atoms with Crippen LogP contribution in [0.15, 0.2) is 66.7 Å². The van der Waals surface area contributed by atoms with Gasteiger partial charge in [-0.1, -0.05) is 35.6 Å². The SMILES string of the molecule is O=Cc1ccc(Oc2nc3ccccc3s2)c(-c2cccc(C(F)(F)F)c2)c1. The summed E-state index contributed by atoms with van der Waals surface area (Å²) in [6, 6.07) is 17.0. The molecule has 1 aromatic heterocycles. The van der Waals surface area contributed by atoms with Gasteiger partial charge in [-0.2, -0.15) is 13.2 Å². The maximum atomic E-state index is 13.1. The number of alkyl halides is 3. The number of hydrogen-bond donors (Lipinski definition) is 0. The smallest absolute Gasteiger partial charge is 0.416 e. The summed E-state index contributed by atoms with van der Waals surface area (Å²) in [6.45, 7) is 0. The van der Waals surface area contributed by atoms with E-state index in [-0.39, 0.29) is 0 Å². The first-order chi connectivity index (χ1) is 13.4. The zero-order valence-corrected chi connectivity index (χ0v) is 15.1. The summed E-state index contributed by atoms with van der Waals surface area (Å²) in [5.41, 5.74) is 1.02. The molecule has 28 heavy (non-hydrogen) atoms. The van der Waals surface area contributed by atoms with Crippen molar-refractivity contribution in [2.75, 3.05) is 0 Å². The van der Waals surface area contributed by atoms with Gasteiger partial charge in [0.25, 0.3) is 5.19 Å². The second kappa shape index (κ2) is 7.09. The van der Waals surface area contributed by atoms with Gasteiger partial charge in [0.2, 0.25) is 0 Å². The first kappa shape index (κ1) is 18.2. The van der Waals surface area contributed by atoms with Gasteiger partial charge in [-0.15, -0.1) is 0 Å². The molecule has 0 amide bonds. The minimum atomic E-state index is -4.47. The number of ether oxygens (including phenoxy) is 1. The van der Waals surface area contributed by atoms with Crippen LogP contribution in [0.2, 0.25) is 0 Å². The Morgan fingerprint density at radius 1 is 0.964 bits per heavy atom. The predicted octanol–water partition coefficient (Wildman–Crippen LogP) is 6.59. The Kier molecular flexibility index (Phi) is 4.60. The van der Waals surface area contributed by atoms with Crippen molar-refractivity contribution in [3.05, 3.63) is 77.9 Å². The molecule has 0 spiro atoms. The van der Waals surface area contributed by atoms with Crippen molar-refractivity contribution < 1.29 is 22.7 Å². The molecule has 3 aromatic carbocycles. The molecule has 0 saturated carbocycles. The van der Waals surface area contributed by atoms with Crippen molar-refractivity contribution >= 4 is 27.8 Å². The Balaban J connectivity index is 1.79. The lowest BCUT2D eigenvalue weighted by molar-refractivity contribution is -0.137. The normalized spacial score (nSPS) is 11.5. The molecular formula is C21H12F3NO2S. The van der Waals surface area contributed by atoms with Gasteiger partial charge in [-0.3, -0.25) is 4.79 Å². The van der Waals surface area contributed by atoms with Crippen LogP contribution in [-0.2, 0) is 6.18 Å². The molecule has 0 saturated heterocycles. The first-order valence-corrected chi connectivity index (χ1v) is 9.06. The number of nitrogens with zero attached hydrogens (tertiary/aromatic N) is 1. The molecule has 3 nitrogen and oxygen atoms in total. The Labute approximate surface area is 162 Å². The summed E-state index contributed by atoms with van der Waals surface area (Å²) in [6.07, 6.45) is -3.83. The van der Waals surface area contributed by atoms with E-state index in [0.717, 1.165) is 22.3 Å². The van der Waals surface area contributed by atoms with Gasteiger partial charge in [-0.05, 0) is 48.0 Å². The standard InChI is InChI=1S/C21H12F3NO2S/c22-21(23,24)15-5-3-4-14(11-15)16-10-13(12-26)8-9-18(16)27-20-25-17-6-1-2-7-19(17)28-20/h1-12H. The summed E-state index contributed by atoms with van der Waals surface area (Å²) in [5.74, 6) is 0.323. The fourth-order valence-corrected chi connectivity index (χ4v) is 3.62. The minimum Gasteiger partial charge on any atom is -0.430 e. The number of halogens is 3. The number of hydrogen-bond acceptors (Lipinski definition) is 4. The predicted molar refractivity (Wildman–Crippen MR) is 102 cm³/mol. The molecule has 0 aliphatic rings. The van der Waals surface area contributed by atoms with Crippen molar-refractivity contribution in [1.29, 1.82) is 0 Å². The van der Waals surface area contributed by atoms with Crippen LogP contribution < -0.4 is 4.74 Å². The highest BCUT2D eigenvalue weighted by Crippen LogP contribution is 2.39. The third-order valence-electron chi connectivity index (χ3n) is 4.11. The lowest BCUT2D eigenvalue weighted by Crippen LogP contribution is -2.04. The fourth-order valence-electron chi connectivity index (χ4n) is 2.79. The first-order valence-electron chi connectivity index (χ1n) is 8.24. The minimum absolute atomic E-state index is 0.301. The fraction of sp³-hybridized carbons (Fsp3) is 0.0476. The van der Waals surface area contributed by atoms with E-state index in [4.69, 9.17) is 4.74 Å². The zero-order valence-electron chi connectivity index (χ0n) is 14.2. The van der Waals surface area contributed by atoms with Crippen molar-refractivity contribution in [2.45, 2.75) is 6.18 Å². The van der Waals surface area contributed by atoms with Crippen LogP contribution in [0.25, 0.3) is 21.3 Å². The molecule has 4 rings (SSSR count). The van der Waals surface area contributed by atoms with Gasteiger partial charge < -0.3 is 4.74 Å². The Bertz CT molecular complexity index is 1130. The molecule has 0 bridgehead atoms. The molecule has 0 aliphatic carbocycles. The van der Waals surface area contributed by atoms with E-state index < -0.39 is 11.7 Å². The van der Waals surface area contributed by atoms with Gasteiger partial charge >= 0.3 is 6.18 Å². The maximum absolute atomic E-state index is 13.1. The van der Waals surface area contributed by atoms with E-state index in [2.05, 4.69) is 4.98 Å². The van der Waals surface area contributed by atoms with Crippen molar-refractivity contribution in [3.8, 4) is 22.1 Å². The quantitative estimate of drug-likeness (QED) is 0.364. The second-order valence-electron chi connectivity index (χ2n) is 6.00. The molecule has 0 atom stereocenters. The van der Waals surface area contributed by atoms with Crippen LogP contribution in [0.3, 0.4) is 0 Å². The van der Waals surface area contributed by atoms with Crippen LogP contribution in [-0.4, -0.2) is 11.3 Å². The average Bonchev–Trinajstić information content (AvgIpc) is 3.10. The monoisotopic (exact) mass is 399 g/mol. The number of benzene rings is 3. The molecule has 0 unspecified atom stereocenters. The second-order valence-corrected chi connectivity index (χ2v) is 6.99. The maximum Gasteiger partial charge on any atom is 0.416 e. The van der Waals surface area contributed by atoms with Gasteiger partial charge in [0.05, 0.1) is 15.8 Å². The average molecular weight is 399 g/mol. The van der Waals surface area contributed by atoms with E-state index in [1.54, 1.807) is 18.2 Å². The lowest BCUT2D eigenvalue weighted by Gasteiger charge is -2.12. The van der Waals surface area contributed by atoms with Crippen LogP contribution in [0, 0.1) is 0 Å². The van der Waals surface area contributed by atoms with E-state index in [1.165, 1.54) is 23.5 Å². The highest BCUT2D eigenvalue weighted by Gasteiger charge is 2.30. The third kappa shape index (κ3) is 3.61. The lowest BCUT2D eigenvalue weighted by atomic mass is 10.00. The molecule has 4 aromatic rings. The number of carbonyl (C=O) groups excluding carboxylic acids is 1. The number of para-hydroxylation sites is 1. The topological polar surface area (TPSA) is 39.2 Å². The highest BCUT2D eigenvalue weighted by atomic mass is 32.1. The van der Waals surface area contributed by atoms with E-state index >= 15 is 0 Å². The van der Waals surface area contributed by atoms with Crippen LogP contribution >= 0.6 is 11.3 Å². The molecule has 0 fully saturated rings. The third-order valence-corrected chi connectivity index (χ3v) is 5.03. The van der Waals surface area contributed by atoms with Crippen LogP contribution in [0.1, 0.15) is 15.9 Å². The van der Waals surface area contributed by atoms with Crippen molar-refractivity contribution in [1.82, 2.24) is 4.98 Å². The molecule has 1 heterocycles. The Morgan fingerprint density at radius 3 is 2.54 bits per heavy atom. The number of rotatable bonds is 4. The number of aldehydes is 1. The van der Waals surface area contributed by atoms with Gasteiger partial charge in [0.1, 0.15) is 12.0 Å². The number of thiazole rings is 1.